The van der Waals surface area contributed by atoms with Gasteiger partial charge in [0, 0.05) is 22.1 Å². The highest BCUT2D eigenvalue weighted by molar-refractivity contribution is 9.10. The minimum Gasteiger partial charge on any atom is -0.399 e. The molecule has 0 radical (unpaired) electrons. The third-order valence-corrected chi connectivity index (χ3v) is 2.16. The van der Waals surface area contributed by atoms with Crippen LogP contribution in [0.1, 0.15) is 23.7 Å². The largest absolute Gasteiger partial charge is 0.399 e. The second-order valence-corrected chi connectivity index (χ2v) is 4.25. The Morgan fingerprint density at radius 1 is 1.50 bits per heavy atom. The van der Waals surface area contributed by atoms with Crippen molar-refractivity contribution in [1.29, 1.82) is 0 Å². The van der Waals surface area contributed by atoms with Gasteiger partial charge in [0.05, 0.1) is 0 Å². The molecule has 2 N–H and O–H groups in total. The number of carbonyl (C=O) groups is 1. The number of anilines is 1. The number of hydrogen-bond donors (Lipinski definition) is 1. The van der Waals surface area contributed by atoms with Crippen molar-refractivity contribution in [1.82, 2.24) is 0 Å². The monoisotopic (exact) mass is 253 g/mol. The Hall–Kier alpha value is -1.09. The molecule has 1 rings (SSSR count). The number of nitrogen functional groups attached to an aromatic ring is 1. The van der Waals surface area contributed by atoms with Gasteiger partial charge < -0.3 is 5.73 Å². The van der Waals surface area contributed by atoms with Crippen LogP contribution in [0.15, 0.2) is 34.8 Å². The van der Waals surface area contributed by atoms with Gasteiger partial charge >= 0.3 is 0 Å². The average Bonchev–Trinajstić information content (AvgIpc) is 2.00. The van der Waals surface area contributed by atoms with E-state index in [0.29, 0.717) is 17.7 Å². The summed E-state index contributed by atoms with van der Waals surface area (Å²) in [5, 5.41) is 0. The summed E-state index contributed by atoms with van der Waals surface area (Å²) in [4.78, 5) is 11.6. The minimum absolute atomic E-state index is 0.0468. The van der Waals surface area contributed by atoms with Crippen molar-refractivity contribution in [2.75, 3.05) is 5.73 Å². The van der Waals surface area contributed by atoms with Crippen LogP contribution in [0.5, 0.6) is 0 Å². The van der Waals surface area contributed by atoms with Crippen molar-refractivity contribution < 1.29 is 4.79 Å². The zero-order valence-electron chi connectivity index (χ0n) is 8.01. The summed E-state index contributed by atoms with van der Waals surface area (Å²) < 4.78 is 0.822. The fraction of sp³-hybridized carbons (Fsp3) is 0.182. The summed E-state index contributed by atoms with van der Waals surface area (Å²) in [7, 11) is 0. The van der Waals surface area contributed by atoms with Gasteiger partial charge in [-0.3, -0.25) is 4.79 Å². The van der Waals surface area contributed by atoms with Gasteiger partial charge in [0.15, 0.2) is 5.78 Å². The molecule has 0 saturated carbocycles. The lowest BCUT2D eigenvalue weighted by molar-refractivity contribution is 0.0993. The van der Waals surface area contributed by atoms with Crippen molar-refractivity contribution in [2.24, 2.45) is 0 Å². The summed E-state index contributed by atoms with van der Waals surface area (Å²) in [5.41, 5.74) is 7.69. The number of halogens is 1. The number of nitrogens with two attached hydrogens (primary N) is 1. The number of benzene rings is 1. The molecule has 0 fully saturated rings. The lowest BCUT2D eigenvalue weighted by Gasteiger charge is -2.03. The van der Waals surface area contributed by atoms with Gasteiger partial charge in [0.25, 0.3) is 0 Å². The van der Waals surface area contributed by atoms with Gasteiger partial charge in [-0.25, -0.2) is 0 Å². The second-order valence-electron chi connectivity index (χ2n) is 3.33. The van der Waals surface area contributed by atoms with Crippen LogP contribution in [0.3, 0.4) is 0 Å². The van der Waals surface area contributed by atoms with Crippen LogP contribution in [0.25, 0.3) is 0 Å². The van der Waals surface area contributed by atoms with E-state index in [-0.39, 0.29) is 5.78 Å². The summed E-state index contributed by atoms with van der Waals surface area (Å²) in [6.07, 6.45) is 0.371. The quantitative estimate of drug-likeness (QED) is 0.511. The third kappa shape index (κ3) is 3.00. The van der Waals surface area contributed by atoms with Crippen LogP contribution in [0.4, 0.5) is 5.69 Å². The van der Waals surface area contributed by atoms with Crippen molar-refractivity contribution >= 4 is 27.4 Å². The first-order valence-electron chi connectivity index (χ1n) is 4.22. The Balaban J connectivity index is 2.95. The van der Waals surface area contributed by atoms with Gasteiger partial charge in [0.1, 0.15) is 0 Å². The zero-order valence-corrected chi connectivity index (χ0v) is 9.60. The van der Waals surface area contributed by atoms with E-state index in [1.807, 2.05) is 6.92 Å². The maximum atomic E-state index is 11.6. The summed E-state index contributed by atoms with van der Waals surface area (Å²) >= 11 is 3.29. The van der Waals surface area contributed by atoms with Gasteiger partial charge in [0.2, 0.25) is 0 Å². The molecule has 0 aliphatic rings. The van der Waals surface area contributed by atoms with Gasteiger partial charge in [-0.1, -0.05) is 28.1 Å². The van der Waals surface area contributed by atoms with Gasteiger partial charge in [-0.2, -0.15) is 0 Å². The first-order chi connectivity index (χ1) is 6.49. The van der Waals surface area contributed by atoms with Crippen LogP contribution in [0, 0.1) is 0 Å². The lowest BCUT2D eigenvalue weighted by Crippen LogP contribution is -2.00. The van der Waals surface area contributed by atoms with E-state index >= 15 is 0 Å². The Morgan fingerprint density at radius 3 is 2.64 bits per heavy atom. The van der Waals surface area contributed by atoms with Crippen LogP contribution in [0.2, 0.25) is 0 Å². The van der Waals surface area contributed by atoms with E-state index in [4.69, 9.17) is 5.73 Å². The standard InChI is InChI=1S/C11H12BrNO/c1-7(2)3-11(14)8-4-9(12)6-10(13)5-8/h4-6H,1,3,13H2,2H3. The second kappa shape index (κ2) is 4.42. The number of rotatable bonds is 3. The predicted molar refractivity (Wildman–Crippen MR) is 62.3 cm³/mol. The lowest BCUT2D eigenvalue weighted by atomic mass is 10.0. The predicted octanol–water partition coefficient (Wildman–Crippen LogP) is 3.18. The first-order valence-corrected chi connectivity index (χ1v) is 5.02. The molecule has 0 aromatic heterocycles. The number of carbonyl (C=O) groups excluding carboxylic acids is 1. The van der Waals surface area contributed by atoms with E-state index < -0.39 is 0 Å². The van der Waals surface area contributed by atoms with E-state index in [1.165, 1.54) is 0 Å². The molecule has 0 spiro atoms. The number of ketones is 1. The molecule has 14 heavy (non-hydrogen) atoms. The van der Waals surface area contributed by atoms with Crippen LogP contribution >= 0.6 is 15.9 Å². The molecule has 0 aliphatic carbocycles. The van der Waals surface area contributed by atoms with E-state index in [1.54, 1.807) is 18.2 Å². The van der Waals surface area contributed by atoms with Crippen molar-refractivity contribution in [3.8, 4) is 0 Å². The highest BCUT2D eigenvalue weighted by Crippen LogP contribution is 2.19. The van der Waals surface area contributed by atoms with Crippen molar-refractivity contribution in [2.45, 2.75) is 13.3 Å². The molecule has 2 nitrogen and oxygen atoms in total. The number of allylic oxidation sites excluding steroid dienone is 1. The van der Waals surface area contributed by atoms with Crippen molar-refractivity contribution in [3.63, 3.8) is 0 Å². The van der Waals surface area contributed by atoms with Crippen LogP contribution in [-0.4, -0.2) is 5.78 Å². The summed E-state index contributed by atoms with van der Waals surface area (Å²) in [5.74, 6) is 0.0468. The molecule has 0 saturated heterocycles. The summed E-state index contributed by atoms with van der Waals surface area (Å²) in [6, 6.07) is 5.20. The third-order valence-electron chi connectivity index (χ3n) is 1.70. The number of hydrogen-bond acceptors (Lipinski definition) is 2. The molecule has 0 unspecified atom stereocenters. The molecule has 1 aromatic carbocycles. The molecule has 0 aliphatic heterocycles. The maximum Gasteiger partial charge on any atom is 0.166 e. The Bertz CT molecular complexity index is 365. The molecule has 0 amide bonds. The number of Topliss-reactive ketones (excluding diaryl/α,β-unsaturated/α-hetero) is 1. The smallest absolute Gasteiger partial charge is 0.166 e. The molecule has 1 aromatic rings. The van der Waals surface area contributed by atoms with E-state index in [2.05, 4.69) is 22.5 Å². The highest BCUT2D eigenvalue weighted by Gasteiger charge is 2.07. The van der Waals surface area contributed by atoms with Crippen LogP contribution in [-0.2, 0) is 0 Å². The maximum absolute atomic E-state index is 11.6. The van der Waals surface area contributed by atoms with E-state index in [0.717, 1.165) is 10.0 Å². The zero-order chi connectivity index (χ0) is 10.7. The molecule has 3 heteroatoms. The molecular weight excluding hydrogens is 242 g/mol. The van der Waals surface area contributed by atoms with Crippen molar-refractivity contribution in [3.05, 3.63) is 40.4 Å². The Kier molecular flexibility index (Phi) is 3.47. The van der Waals surface area contributed by atoms with E-state index in [9.17, 15) is 4.79 Å². The highest BCUT2D eigenvalue weighted by atomic mass is 79.9. The summed E-state index contributed by atoms with van der Waals surface area (Å²) in [6.45, 7) is 5.53. The molecule has 0 atom stereocenters. The van der Waals surface area contributed by atoms with Crippen LogP contribution < -0.4 is 5.73 Å². The molecule has 0 heterocycles. The molecule has 74 valence electrons. The Morgan fingerprint density at radius 2 is 2.14 bits per heavy atom. The minimum atomic E-state index is 0.0468. The van der Waals surface area contributed by atoms with Gasteiger partial charge in [-0.05, 0) is 25.1 Å². The SMILES string of the molecule is C=C(C)CC(=O)c1cc(N)cc(Br)c1. The molecule has 0 bridgehead atoms. The fourth-order valence-corrected chi connectivity index (χ4v) is 1.66. The van der Waals surface area contributed by atoms with Gasteiger partial charge in [-0.15, -0.1) is 0 Å². The first kappa shape index (κ1) is 11.0. The Labute approximate surface area is 91.9 Å². The average molecular weight is 254 g/mol. The normalized spacial score (nSPS) is 9.86. The topological polar surface area (TPSA) is 43.1 Å². The molecular formula is C11H12BrNO. The fourth-order valence-electron chi connectivity index (χ4n) is 1.15.